The molecule has 5 nitrogen and oxygen atoms in total. The number of nitrogens with two attached hydrogens (primary N) is 1. The number of aromatic nitrogens is 2. The van der Waals surface area contributed by atoms with Crippen molar-refractivity contribution >= 4 is 11.6 Å². The first-order valence-electron chi connectivity index (χ1n) is 6.81. The van der Waals surface area contributed by atoms with E-state index in [1.807, 2.05) is 35.9 Å². The molecule has 2 heterocycles. The fourth-order valence-electron chi connectivity index (χ4n) is 2.30. The number of hydrogen-bond acceptors (Lipinski definition) is 3. The molecule has 2 aromatic heterocycles. The van der Waals surface area contributed by atoms with Gasteiger partial charge >= 0.3 is 0 Å². The largest absolute Gasteiger partial charge is 0.397 e. The summed E-state index contributed by atoms with van der Waals surface area (Å²) >= 11 is 0. The molecule has 3 rings (SSSR count). The number of amides is 1. The van der Waals surface area contributed by atoms with Crippen molar-refractivity contribution in [3.63, 3.8) is 0 Å². The van der Waals surface area contributed by atoms with E-state index in [0.717, 1.165) is 24.2 Å². The lowest BCUT2D eigenvalue weighted by atomic mass is 10.3. The van der Waals surface area contributed by atoms with Crippen LogP contribution in [-0.2, 0) is 6.54 Å². The van der Waals surface area contributed by atoms with Gasteiger partial charge in [0, 0.05) is 17.9 Å². The summed E-state index contributed by atoms with van der Waals surface area (Å²) < 4.78 is 1.98. The minimum absolute atomic E-state index is 0.100. The average Bonchev–Trinajstić information content (AvgIpc) is 3.19. The van der Waals surface area contributed by atoms with Crippen LogP contribution < -0.4 is 11.1 Å². The molecule has 104 valence electrons. The van der Waals surface area contributed by atoms with Gasteiger partial charge in [0.25, 0.3) is 5.91 Å². The van der Waals surface area contributed by atoms with Gasteiger partial charge < -0.3 is 15.6 Å². The van der Waals surface area contributed by atoms with Crippen molar-refractivity contribution in [2.24, 2.45) is 0 Å². The Hall–Kier alpha value is -2.30. The van der Waals surface area contributed by atoms with E-state index in [-0.39, 0.29) is 5.91 Å². The number of rotatable bonds is 4. The van der Waals surface area contributed by atoms with Gasteiger partial charge in [-0.2, -0.15) is 0 Å². The Kier molecular flexibility index (Phi) is 3.18. The Balaban J connectivity index is 1.70. The smallest absolute Gasteiger partial charge is 0.268 e. The maximum Gasteiger partial charge on any atom is 0.268 e. The highest BCUT2D eigenvalue weighted by Gasteiger charge is 2.27. The molecule has 0 saturated heterocycles. The number of nitrogen functional groups attached to an aromatic ring is 1. The predicted molar refractivity (Wildman–Crippen MR) is 77.3 cm³/mol. The molecule has 1 aliphatic carbocycles. The number of aryl methyl sites for hydroxylation is 1. The number of carbonyl (C=O) groups excluding carboxylic acids is 1. The molecule has 0 unspecified atom stereocenters. The zero-order chi connectivity index (χ0) is 14.1. The monoisotopic (exact) mass is 270 g/mol. The number of anilines is 1. The zero-order valence-corrected chi connectivity index (χ0v) is 11.5. The Morgan fingerprint density at radius 1 is 1.50 bits per heavy atom. The van der Waals surface area contributed by atoms with Gasteiger partial charge in [-0.1, -0.05) is 6.07 Å². The van der Waals surface area contributed by atoms with Crippen molar-refractivity contribution in [3.05, 3.63) is 47.5 Å². The summed E-state index contributed by atoms with van der Waals surface area (Å²) in [5, 5.41) is 2.90. The van der Waals surface area contributed by atoms with Crippen LogP contribution in [0.1, 0.15) is 40.8 Å². The van der Waals surface area contributed by atoms with Crippen molar-refractivity contribution < 1.29 is 4.79 Å². The molecule has 2 aromatic rings. The molecule has 1 aliphatic rings. The van der Waals surface area contributed by atoms with Crippen molar-refractivity contribution in [3.8, 4) is 0 Å². The van der Waals surface area contributed by atoms with Gasteiger partial charge in [0.2, 0.25) is 0 Å². The highest BCUT2D eigenvalue weighted by Crippen LogP contribution is 2.37. The van der Waals surface area contributed by atoms with Gasteiger partial charge in [-0.3, -0.25) is 9.78 Å². The molecule has 0 radical (unpaired) electrons. The Morgan fingerprint density at radius 2 is 2.30 bits per heavy atom. The summed E-state index contributed by atoms with van der Waals surface area (Å²) in [5.41, 5.74) is 8.87. The number of nitrogens with one attached hydrogen (secondary N) is 1. The van der Waals surface area contributed by atoms with E-state index in [0.29, 0.717) is 24.0 Å². The maximum atomic E-state index is 12.3. The molecule has 1 amide bonds. The van der Waals surface area contributed by atoms with Crippen molar-refractivity contribution in [1.82, 2.24) is 14.9 Å². The van der Waals surface area contributed by atoms with E-state index in [1.54, 1.807) is 6.07 Å². The van der Waals surface area contributed by atoms with Gasteiger partial charge in [0.1, 0.15) is 5.69 Å². The van der Waals surface area contributed by atoms with Crippen LogP contribution >= 0.6 is 0 Å². The molecule has 0 spiro atoms. The number of nitrogens with zero attached hydrogens (tertiary/aromatic N) is 2. The first-order valence-corrected chi connectivity index (χ1v) is 6.81. The van der Waals surface area contributed by atoms with E-state index >= 15 is 0 Å². The second kappa shape index (κ2) is 5.00. The summed E-state index contributed by atoms with van der Waals surface area (Å²) in [6.45, 7) is 2.36. The molecule has 0 bridgehead atoms. The van der Waals surface area contributed by atoms with E-state index in [9.17, 15) is 4.79 Å². The lowest BCUT2D eigenvalue weighted by Gasteiger charge is -2.08. The second-order valence-corrected chi connectivity index (χ2v) is 5.25. The highest BCUT2D eigenvalue weighted by molar-refractivity contribution is 5.93. The summed E-state index contributed by atoms with van der Waals surface area (Å²) in [4.78, 5) is 16.6. The third kappa shape index (κ3) is 2.66. The Labute approximate surface area is 117 Å². The second-order valence-electron chi connectivity index (χ2n) is 5.25. The molecule has 0 atom stereocenters. The van der Waals surface area contributed by atoms with Crippen LogP contribution in [0.3, 0.4) is 0 Å². The van der Waals surface area contributed by atoms with Crippen LogP contribution in [0.5, 0.6) is 0 Å². The number of carbonyl (C=O) groups is 1. The van der Waals surface area contributed by atoms with Gasteiger partial charge in [-0.05, 0) is 38.0 Å². The molecule has 20 heavy (non-hydrogen) atoms. The van der Waals surface area contributed by atoms with Crippen molar-refractivity contribution in [1.29, 1.82) is 0 Å². The third-order valence-electron chi connectivity index (χ3n) is 3.42. The highest BCUT2D eigenvalue weighted by atomic mass is 16.1. The molecular formula is C15H18N4O. The minimum atomic E-state index is -0.100. The van der Waals surface area contributed by atoms with E-state index in [2.05, 4.69) is 10.3 Å². The standard InChI is InChI=1S/C15H18N4O/c1-10-3-2-4-12(18-10)8-17-15(20)14-7-11(16)9-19(14)13-5-6-13/h2-4,7,9,13H,5-6,8,16H2,1H3,(H,17,20). The van der Waals surface area contributed by atoms with Gasteiger partial charge in [0.15, 0.2) is 0 Å². The van der Waals surface area contributed by atoms with Crippen LogP contribution in [0.25, 0.3) is 0 Å². The first-order chi connectivity index (χ1) is 9.63. The summed E-state index contributed by atoms with van der Waals surface area (Å²) in [5.74, 6) is -0.100. The molecule has 5 heteroatoms. The molecule has 3 N–H and O–H groups in total. The topological polar surface area (TPSA) is 72.9 Å². The van der Waals surface area contributed by atoms with Crippen LogP contribution in [0.4, 0.5) is 5.69 Å². The molecule has 1 fully saturated rings. The summed E-state index contributed by atoms with van der Waals surface area (Å²) in [6.07, 6.45) is 4.08. The number of pyridine rings is 1. The van der Waals surface area contributed by atoms with Gasteiger partial charge in [-0.15, -0.1) is 0 Å². The molecule has 0 aliphatic heterocycles. The quantitative estimate of drug-likeness (QED) is 0.893. The fraction of sp³-hybridized carbons (Fsp3) is 0.333. The predicted octanol–water partition coefficient (Wildman–Crippen LogP) is 2.04. The van der Waals surface area contributed by atoms with Crippen molar-refractivity contribution in [2.45, 2.75) is 32.4 Å². The lowest BCUT2D eigenvalue weighted by molar-refractivity contribution is 0.0941. The van der Waals surface area contributed by atoms with Crippen LogP contribution in [0.15, 0.2) is 30.5 Å². The Morgan fingerprint density at radius 3 is 3.00 bits per heavy atom. The summed E-state index contributed by atoms with van der Waals surface area (Å²) in [6, 6.07) is 7.95. The molecular weight excluding hydrogens is 252 g/mol. The third-order valence-corrected chi connectivity index (χ3v) is 3.42. The number of hydrogen-bond donors (Lipinski definition) is 2. The van der Waals surface area contributed by atoms with Gasteiger partial charge in [-0.25, -0.2) is 0 Å². The zero-order valence-electron chi connectivity index (χ0n) is 11.5. The lowest BCUT2D eigenvalue weighted by Crippen LogP contribution is -2.25. The fourth-order valence-corrected chi connectivity index (χ4v) is 2.30. The van der Waals surface area contributed by atoms with E-state index < -0.39 is 0 Å². The van der Waals surface area contributed by atoms with E-state index in [1.165, 1.54) is 0 Å². The van der Waals surface area contributed by atoms with Crippen LogP contribution in [0.2, 0.25) is 0 Å². The maximum absolute atomic E-state index is 12.3. The summed E-state index contributed by atoms with van der Waals surface area (Å²) in [7, 11) is 0. The average molecular weight is 270 g/mol. The SMILES string of the molecule is Cc1cccc(CNC(=O)c2cc(N)cn2C2CC2)n1. The van der Waals surface area contributed by atoms with Crippen molar-refractivity contribution in [2.75, 3.05) is 5.73 Å². The minimum Gasteiger partial charge on any atom is -0.397 e. The normalized spacial score (nSPS) is 14.2. The molecule has 0 aromatic carbocycles. The first kappa shape index (κ1) is 12.7. The molecule has 1 saturated carbocycles. The van der Waals surface area contributed by atoms with Crippen LogP contribution in [-0.4, -0.2) is 15.5 Å². The van der Waals surface area contributed by atoms with E-state index in [4.69, 9.17) is 5.73 Å². The van der Waals surface area contributed by atoms with Crippen LogP contribution in [0, 0.1) is 6.92 Å². The van der Waals surface area contributed by atoms with Gasteiger partial charge in [0.05, 0.1) is 17.9 Å². The Bertz CT molecular complexity index is 643.